The molecule has 0 spiro atoms. The number of ether oxygens (including phenoxy) is 1. The number of rotatable bonds is 7. The summed E-state index contributed by atoms with van der Waals surface area (Å²) in [5, 5.41) is 2.09. The first-order valence-electron chi connectivity index (χ1n) is 12.3. The van der Waals surface area contributed by atoms with E-state index in [2.05, 4.69) is 37.9 Å². The second-order valence-electron chi connectivity index (χ2n) is 10.0. The molecule has 0 aliphatic carbocycles. The summed E-state index contributed by atoms with van der Waals surface area (Å²) in [5.41, 5.74) is 2.58. The lowest BCUT2D eigenvalue weighted by Gasteiger charge is -2.47. The van der Waals surface area contributed by atoms with Crippen molar-refractivity contribution in [3.63, 3.8) is 0 Å². The number of anilines is 2. The lowest BCUT2D eigenvalue weighted by Crippen LogP contribution is -2.48. The Hall–Kier alpha value is -3.33. The highest BCUT2D eigenvalue weighted by Crippen LogP contribution is 2.45. The van der Waals surface area contributed by atoms with Crippen LogP contribution in [0.5, 0.6) is 5.75 Å². The normalized spacial score (nSPS) is 19.8. The van der Waals surface area contributed by atoms with Crippen LogP contribution >= 0.6 is 11.8 Å². The number of fused-ring (bicyclic) bond motifs is 1. The van der Waals surface area contributed by atoms with Crippen LogP contribution in [0.25, 0.3) is 6.08 Å². The Balaban J connectivity index is 1.53. The van der Waals surface area contributed by atoms with Crippen molar-refractivity contribution >= 4 is 46.3 Å². The first-order valence-corrected chi connectivity index (χ1v) is 13.2. The fraction of sp³-hybridized carbons (Fsp3) is 0.393. The summed E-state index contributed by atoms with van der Waals surface area (Å²) >= 11 is 0.710. The summed E-state index contributed by atoms with van der Waals surface area (Å²) in [6, 6.07) is 10.0. The molecule has 9 heteroatoms. The number of imide groups is 1. The third-order valence-electron chi connectivity index (χ3n) is 6.79. The number of carbonyl (C=O) groups is 3. The van der Waals surface area contributed by atoms with E-state index in [1.54, 1.807) is 43.5 Å². The van der Waals surface area contributed by atoms with Gasteiger partial charge in [-0.3, -0.25) is 19.3 Å². The topological polar surface area (TPSA) is 79.0 Å². The van der Waals surface area contributed by atoms with Crippen molar-refractivity contribution in [3.05, 3.63) is 58.2 Å². The Morgan fingerprint density at radius 1 is 1.24 bits per heavy atom. The van der Waals surface area contributed by atoms with Crippen molar-refractivity contribution in [2.24, 2.45) is 0 Å². The minimum Gasteiger partial charge on any atom is -0.497 e. The van der Waals surface area contributed by atoms with Gasteiger partial charge in [0.2, 0.25) is 5.91 Å². The van der Waals surface area contributed by atoms with Gasteiger partial charge in [-0.05, 0) is 92.4 Å². The third-order valence-corrected chi connectivity index (χ3v) is 7.69. The molecule has 0 saturated carbocycles. The van der Waals surface area contributed by atoms with E-state index < -0.39 is 29.4 Å². The molecule has 1 N–H and O–H groups in total. The SMILES string of the molecule is CCCN1c2cc(F)c(/C=C3/SC(=O)N(CC(=O)Nc4ccc(OC)cc4)C3=O)cc2C(C)CC1(C)C. The van der Waals surface area contributed by atoms with E-state index in [4.69, 9.17) is 4.74 Å². The number of nitrogens with one attached hydrogen (secondary N) is 1. The van der Waals surface area contributed by atoms with E-state index in [9.17, 15) is 14.4 Å². The summed E-state index contributed by atoms with van der Waals surface area (Å²) in [5.74, 6) is -0.726. The number of halogens is 1. The first-order chi connectivity index (χ1) is 17.5. The van der Waals surface area contributed by atoms with Gasteiger partial charge in [0.1, 0.15) is 18.1 Å². The maximum atomic E-state index is 15.3. The van der Waals surface area contributed by atoms with Crippen LogP contribution in [0.15, 0.2) is 41.3 Å². The van der Waals surface area contributed by atoms with Gasteiger partial charge in [0.25, 0.3) is 11.1 Å². The fourth-order valence-corrected chi connectivity index (χ4v) is 5.90. The molecule has 0 radical (unpaired) electrons. The number of thioether (sulfide) groups is 1. The van der Waals surface area contributed by atoms with Gasteiger partial charge in [0, 0.05) is 29.0 Å². The monoisotopic (exact) mass is 525 g/mol. The van der Waals surface area contributed by atoms with Crippen LogP contribution in [0.4, 0.5) is 20.6 Å². The summed E-state index contributed by atoms with van der Waals surface area (Å²) < 4.78 is 20.4. The van der Waals surface area contributed by atoms with Gasteiger partial charge >= 0.3 is 0 Å². The number of amides is 3. The lowest BCUT2D eigenvalue weighted by molar-refractivity contribution is -0.127. The highest BCUT2D eigenvalue weighted by molar-refractivity contribution is 8.18. The molecule has 1 fully saturated rings. The van der Waals surface area contributed by atoms with Crippen molar-refractivity contribution < 1.29 is 23.5 Å². The zero-order valence-electron chi connectivity index (χ0n) is 21.8. The molecule has 2 aliphatic rings. The molecular weight excluding hydrogens is 493 g/mol. The Kier molecular flexibility index (Phi) is 7.64. The van der Waals surface area contributed by atoms with Crippen LogP contribution in [-0.4, -0.2) is 47.7 Å². The zero-order valence-corrected chi connectivity index (χ0v) is 22.6. The van der Waals surface area contributed by atoms with E-state index >= 15 is 4.39 Å². The number of hydrogen-bond acceptors (Lipinski definition) is 6. The Morgan fingerprint density at radius 3 is 2.59 bits per heavy atom. The second-order valence-corrected chi connectivity index (χ2v) is 11.0. The van der Waals surface area contributed by atoms with Crippen molar-refractivity contribution in [2.75, 3.05) is 30.4 Å². The average Bonchev–Trinajstić information content (AvgIpc) is 3.10. The van der Waals surface area contributed by atoms with Gasteiger partial charge in [-0.25, -0.2) is 4.39 Å². The zero-order chi connectivity index (χ0) is 26.9. The highest BCUT2D eigenvalue weighted by Gasteiger charge is 2.38. The summed E-state index contributed by atoms with van der Waals surface area (Å²) in [4.78, 5) is 41.2. The molecule has 37 heavy (non-hydrogen) atoms. The maximum Gasteiger partial charge on any atom is 0.294 e. The molecule has 1 unspecified atom stereocenters. The third kappa shape index (κ3) is 5.51. The molecule has 2 aliphatic heterocycles. The molecule has 0 aromatic heterocycles. The van der Waals surface area contributed by atoms with Crippen LogP contribution in [-0.2, 0) is 9.59 Å². The van der Waals surface area contributed by atoms with Gasteiger partial charge < -0.3 is 15.0 Å². The molecule has 1 saturated heterocycles. The number of benzene rings is 2. The van der Waals surface area contributed by atoms with E-state index in [1.807, 2.05) is 0 Å². The smallest absolute Gasteiger partial charge is 0.294 e. The van der Waals surface area contributed by atoms with Crippen LogP contribution < -0.4 is 15.0 Å². The molecule has 2 aromatic rings. The molecule has 7 nitrogen and oxygen atoms in total. The molecule has 3 amide bonds. The largest absolute Gasteiger partial charge is 0.497 e. The van der Waals surface area contributed by atoms with E-state index in [0.717, 1.165) is 35.5 Å². The number of nitrogens with zero attached hydrogens (tertiary/aromatic N) is 2. The first kappa shape index (κ1) is 26.7. The van der Waals surface area contributed by atoms with Crippen molar-refractivity contribution in [1.82, 2.24) is 4.90 Å². The van der Waals surface area contributed by atoms with E-state index in [1.165, 1.54) is 6.08 Å². The predicted octanol–water partition coefficient (Wildman–Crippen LogP) is 6.01. The summed E-state index contributed by atoms with van der Waals surface area (Å²) in [6.45, 7) is 8.97. The minimum absolute atomic E-state index is 0.0918. The quantitative estimate of drug-likeness (QED) is 0.446. The van der Waals surface area contributed by atoms with Gasteiger partial charge in [0.05, 0.1) is 12.0 Å². The Bertz CT molecular complexity index is 1260. The summed E-state index contributed by atoms with van der Waals surface area (Å²) in [7, 11) is 1.54. The fourth-order valence-electron chi connectivity index (χ4n) is 5.07. The number of carbonyl (C=O) groups excluding carboxylic acids is 3. The van der Waals surface area contributed by atoms with E-state index in [-0.39, 0.29) is 21.9 Å². The van der Waals surface area contributed by atoms with Gasteiger partial charge in [-0.1, -0.05) is 13.8 Å². The second kappa shape index (κ2) is 10.6. The Morgan fingerprint density at radius 2 is 1.95 bits per heavy atom. The standard InChI is InChI=1S/C28H32FN3O4S/c1-6-11-32-23-14-22(29)18(12-21(23)17(2)15-28(32,3)4)13-24-26(34)31(27(35)37-24)16-25(33)30-19-7-9-20(36-5)10-8-19/h7-10,12-14,17H,6,11,15-16H2,1-5H3,(H,30,33)/b24-13+. The molecule has 4 rings (SSSR count). The molecular formula is C28H32FN3O4S. The molecule has 2 aromatic carbocycles. The number of methoxy groups -OCH3 is 1. The highest BCUT2D eigenvalue weighted by atomic mass is 32.2. The van der Waals surface area contributed by atoms with E-state index in [0.29, 0.717) is 23.2 Å². The van der Waals surface area contributed by atoms with Crippen molar-refractivity contribution in [3.8, 4) is 5.75 Å². The Labute approximate surface area is 221 Å². The van der Waals surface area contributed by atoms with Gasteiger partial charge in [0.15, 0.2) is 0 Å². The molecule has 196 valence electrons. The van der Waals surface area contributed by atoms with Crippen LogP contribution in [0.3, 0.4) is 0 Å². The predicted molar refractivity (Wildman–Crippen MR) is 145 cm³/mol. The molecule has 2 heterocycles. The van der Waals surface area contributed by atoms with Crippen molar-refractivity contribution in [1.29, 1.82) is 0 Å². The van der Waals surface area contributed by atoms with Crippen LogP contribution in [0.1, 0.15) is 57.6 Å². The van der Waals surface area contributed by atoms with Crippen LogP contribution in [0.2, 0.25) is 0 Å². The minimum atomic E-state index is -0.612. The molecule has 1 atom stereocenters. The lowest BCUT2D eigenvalue weighted by atomic mass is 9.79. The maximum absolute atomic E-state index is 15.3. The average molecular weight is 526 g/mol. The van der Waals surface area contributed by atoms with Crippen molar-refractivity contribution in [2.45, 2.75) is 52.0 Å². The number of hydrogen-bond donors (Lipinski definition) is 1. The van der Waals surface area contributed by atoms with Crippen LogP contribution in [0, 0.1) is 5.82 Å². The molecule has 0 bridgehead atoms. The summed E-state index contributed by atoms with van der Waals surface area (Å²) in [6.07, 6.45) is 3.28. The van der Waals surface area contributed by atoms with Gasteiger partial charge in [-0.2, -0.15) is 0 Å². The van der Waals surface area contributed by atoms with Gasteiger partial charge in [-0.15, -0.1) is 0 Å².